The van der Waals surface area contributed by atoms with Gasteiger partial charge in [0.05, 0.1) is 45.4 Å². The molecule has 0 fully saturated rings. The lowest BCUT2D eigenvalue weighted by molar-refractivity contribution is -0.144. The first-order valence-corrected chi connectivity index (χ1v) is 32.7. The number of carboxylic acid groups (broad SMARTS) is 10. The van der Waals surface area contributed by atoms with Crippen LogP contribution in [0, 0.1) is 0 Å². The molecule has 0 aromatic carbocycles. The van der Waals surface area contributed by atoms with E-state index < -0.39 is 364 Å². The van der Waals surface area contributed by atoms with Crippen LogP contribution in [-0.4, -0.2) is 310 Å². The minimum Gasteiger partial charge on any atom is -0.481 e. The molecular formula is C59H87N15O36. The molecule has 614 valence electrons. The number of aliphatic hydroxyl groups excluding tert-OH is 2. The van der Waals surface area contributed by atoms with Gasteiger partial charge in [0.25, 0.3) is 0 Å². The van der Waals surface area contributed by atoms with E-state index in [1.54, 1.807) is 0 Å². The highest BCUT2D eigenvalue weighted by Gasteiger charge is 2.36. The zero-order valence-corrected chi connectivity index (χ0v) is 58.1. The summed E-state index contributed by atoms with van der Waals surface area (Å²) < 4.78 is 0. The molecule has 28 N–H and O–H groups in total. The van der Waals surface area contributed by atoms with E-state index in [-0.39, 0.29) is 0 Å². The zero-order chi connectivity index (χ0) is 84.1. The highest BCUT2D eigenvalue weighted by Crippen LogP contribution is 2.10. The van der Waals surface area contributed by atoms with E-state index in [1.807, 2.05) is 63.8 Å². The monoisotopic (exact) mass is 1580 g/mol. The first kappa shape index (κ1) is 97.2. The number of carbonyl (C=O) groups excluding carboxylic acids is 14. The summed E-state index contributed by atoms with van der Waals surface area (Å²) >= 11 is 0. The lowest BCUT2D eigenvalue weighted by Crippen LogP contribution is -2.58. The maximum absolute atomic E-state index is 13.8. The summed E-state index contributed by atoms with van der Waals surface area (Å²) in [6, 6.07) is -20.7. The van der Waals surface area contributed by atoms with Gasteiger partial charge in [-0.05, 0) is 57.8 Å². The van der Waals surface area contributed by atoms with E-state index in [0.29, 0.717) is 0 Å². The summed E-state index contributed by atoms with van der Waals surface area (Å²) in [7, 11) is 0. The second-order valence-corrected chi connectivity index (χ2v) is 23.4. The molecule has 0 aromatic rings. The molecule has 0 bridgehead atoms. The Morgan fingerprint density at radius 2 is 0.373 bits per heavy atom. The number of aliphatic hydroxyl groups is 2. The quantitative estimate of drug-likeness (QED) is 0.0269. The largest absolute Gasteiger partial charge is 0.481 e. The predicted octanol–water partition coefficient (Wildman–Crippen LogP) is -12.5. The average Bonchev–Trinajstić information content (AvgIpc) is 0.864. The molecule has 0 saturated heterocycles. The maximum Gasteiger partial charge on any atom is 0.326 e. The van der Waals surface area contributed by atoms with Crippen LogP contribution in [0.25, 0.3) is 0 Å². The minimum atomic E-state index is -2.05. The smallest absolute Gasteiger partial charge is 0.326 e. The number of hydrogen-bond acceptors (Lipinski definition) is 27. The Hall–Kier alpha value is -12.8. The first-order valence-electron chi connectivity index (χ1n) is 32.7. The van der Waals surface area contributed by atoms with Crippen LogP contribution in [0.1, 0.15) is 116 Å². The molecule has 11 atom stereocenters. The van der Waals surface area contributed by atoms with Crippen molar-refractivity contribution in [2.24, 2.45) is 5.73 Å². The second-order valence-electron chi connectivity index (χ2n) is 23.4. The van der Waals surface area contributed by atoms with Gasteiger partial charge in [0.15, 0.2) is 0 Å². The average molecular weight is 1580 g/mol. The lowest BCUT2D eigenvalue weighted by atomic mass is 10.1. The van der Waals surface area contributed by atoms with Crippen molar-refractivity contribution in [3.63, 3.8) is 0 Å². The highest BCUT2D eigenvalue weighted by molar-refractivity contribution is 6.00. The van der Waals surface area contributed by atoms with Gasteiger partial charge in [0.1, 0.15) is 60.4 Å². The standard InChI is InChI=1S/C59H87N15O36/c60-25(1-10-40(81)82)49(99)69-30(6-15-45(91)92)56(106)70-26(2-11-41(83)84)50(100)61-21-38(79)67-34(23-75)52(102)63-19-36(77)65-28(4-13-43(87)88)54(104)72-31(7-16-46(93)94)57(107)71-27(3-12-42(85)86)51(101)62-22-39(80)68-35(24-76)53(103)64-20-37(78)66-29(5-14-44(89)90)55(105)73-32(8-17-47(95)96)58(108)74-33(59(109)110)9-18-48(97)98/h25-35,75-76H,1-24,60H2,(H,61,100)(H,62,101)(H,63,102)(H,64,103)(H,65,77)(H,66,78)(H,67,79)(H,68,80)(H,69,99)(H,70,106)(H,71,107)(H,72,104)(H,73,105)(H,74,108)(H,81,82)(H,83,84)(H,85,86)(H,87,88)(H,89,90)(H,91,92)(H,93,94)(H,95,96)(H,97,98)(H,109,110)/t25-,26-,27-,28-,29-,30-,31-,32-,33-,34-,35-/m0/s1. The Morgan fingerprint density at radius 1 is 0.209 bits per heavy atom. The molecule has 0 rings (SSSR count). The Labute approximate surface area is 618 Å². The molecule has 0 aliphatic carbocycles. The molecule has 0 aliphatic rings. The van der Waals surface area contributed by atoms with Crippen LogP contribution in [0.5, 0.6) is 0 Å². The van der Waals surface area contributed by atoms with E-state index in [1.165, 1.54) is 0 Å². The van der Waals surface area contributed by atoms with Crippen LogP contribution in [0.2, 0.25) is 0 Å². The van der Waals surface area contributed by atoms with Gasteiger partial charge in [-0.2, -0.15) is 0 Å². The summed E-state index contributed by atoms with van der Waals surface area (Å²) in [5.74, 6) is -33.8. The third-order valence-electron chi connectivity index (χ3n) is 14.6. The van der Waals surface area contributed by atoms with Crippen LogP contribution in [0.4, 0.5) is 0 Å². The fourth-order valence-corrected chi connectivity index (χ4v) is 8.86. The molecule has 110 heavy (non-hydrogen) atoms. The summed E-state index contributed by atoms with van der Waals surface area (Å²) in [6.07, 6.45) is -13.7. The van der Waals surface area contributed by atoms with Crippen LogP contribution >= 0.6 is 0 Å². The van der Waals surface area contributed by atoms with Crippen molar-refractivity contribution in [2.75, 3.05) is 39.4 Å². The summed E-state index contributed by atoms with van der Waals surface area (Å²) in [5.41, 5.74) is 5.67. The number of hydrogen-bond donors (Lipinski definition) is 27. The minimum absolute atomic E-state index is 0.421. The van der Waals surface area contributed by atoms with Crippen molar-refractivity contribution in [2.45, 2.75) is 182 Å². The summed E-state index contributed by atoms with van der Waals surface area (Å²) in [6.45, 7) is -7.01. The highest BCUT2D eigenvalue weighted by atomic mass is 16.4. The summed E-state index contributed by atoms with van der Waals surface area (Å²) in [5, 5.41) is 141. The molecule has 51 heteroatoms. The molecule has 14 amide bonds. The fraction of sp³-hybridized carbons (Fsp3) is 0.593. The fourth-order valence-electron chi connectivity index (χ4n) is 8.86. The van der Waals surface area contributed by atoms with Gasteiger partial charge in [-0.15, -0.1) is 0 Å². The van der Waals surface area contributed by atoms with Gasteiger partial charge in [-0.1, -0.05) is 0 Å². The molecular weight excluding hydrogens is 1490 g/mol. The van der Waals surface area contributed by atoms with E-state index in [9.17, 15) is 166 Å². The number of aliphatic carboxylic acids is 10. The Kier molecular flexibility index (Phi) is 45.4. The summed E-state index contributed by atoms with van der Waals surface area (Å²) in [4.78, 5) is 299. The number of nitrogens with one attached hydrogen (secondary N) is 14. The van der Waals surface area contributed by atoms with Gasteiger partial charge < -0.3 is 141 Å². The van der Waals surface area contributed by atoms with Gasteiger partial charge >= 0.3 is 59.7 Å². The number of carbonyl (C=O) groups is 24. The number of rotatable bonds is 58. The molecule has 0 saturated carbocycles. The van der Waals surface area contributed by atoms with Crippen LogP contribution in [0.15, 0.2) is 0 Å². The van der Waals surface area contributed by atoms with Crippen molar-refractivity contribution in [3.8, 4) is 0 Å². The van der Waals surface area contributed by atoms with Crippen molar-refractivity contribution < 1.29 is 176 Å². The molecule has 51 nitrogen and oxygen atoms in total. The molecule has 0 heterocycles. The van der Waals surface area contributed by atoms with Crippen molar-refractivity contribution >= 4 is 142 Å². The third-order valence-corrected chi connectivity index (χ3v) is 14.6. The lowest BCUT2D eigenvalue weighted by Gasteiger charge is -2.25. The van der Waals surface area contributed by atoms with Gasteiger partial charge in [-0.3, -0.25) is 110 Å². The Morgan fingerprint density at radius 3 is 0.582 bits per heavy atom. The Bertz CT molecular complexity index is 3390. The zero-order valence-electron chi connectivity index (χ0n) is 58.1. The van der Waals surface area contributed by atoms with Crippen LogP contribution in [0.3, 0.4) is 0 Å². The van der Waals surface area contributed by atoms with E-state index in [2.05, 4.69) is 10.6 Å². The van der Waals surface area contributed by atoms with E-state index in [4.69, 9.17) is 15.9 Å². The van der Waals surface area contributed by atoms with Gasteiger partial charge in [0.2, 0.25) is 82.7 Å². The molecule has 0 radical (unpaired) electrons. The first-order chi connectivity index (χ1) is 51.4. The topological polar surface area (TPSA) is 847 Å². The van der Waals surface area contributed by atoms with Crippen LogP contribution < -0.4 is 80.2 Å². The van der Waals surface area contributed by atoms with E-state index >= 15 is 0 Å². The van der Waals surface area contributed by atoms with Crippen LogP contribution in [-0.2, 0) is 115 Å². The number of carboxylic acids is 10. The third kappa shape index (κ3) is 42.9. The van der Waals surface area contributed by atoms with Crippen molar-refractivity contribution in [1.29, 1.82) is 0 Å². The normalized spacial score (nSPS) is 13.7. The number of amides is 14. The SMILES string of the molecule is N[C@@H](CCC(=O)O)C(=O)N[C@@H](CCC(=O)O)C(=O)N[C@@H](CCC(=O)O)C(=O)NCC(=O)N[C@@H](CO)C(=O)NCC(=O)N[C@@H](CCC(=O)O)C(=O)N[C@@H](CCC(=O)O)C(=O)N[C@@H](CCC(=O)O)C(=O)NCC(=O)N[C@@H](CO)C(=O)NCC(=O)N[C@@H](CCC(=O)O)C(=O)N[C@@H](CCC(=O)O)C(=O)N[C@@H](CCC(=O)O)C(=O)O. The maximum atomic E-state index is 13.8. The molecule has 0 aromatic heterocycles. The van der Waals surface area contributed by atoms with Gasteiger partial charge in [-0.25, -0.2) is 4.79 Å². The number of nitrogens with two attached hydrogens (primary N) is 1. The predicted molar refractivity (Wildman–Crippen MR) is 353 cm³/mol. The second kappa shape index (κ2) is 51.4. The van der Waals surface area contributed by atoms with E-state index in [0.717, 1.165) is 0 Å². The molecule has 0 aliphatic heterocycles. The van der Waals surface area contributed by atoms with Crippen molar-refractivity contribution in [1.82, 2.24) is 74.4 Å². The Balaban J connectivity index is 6.24. The van der Waals surface area contributed by atoms with Crippen molar-refractivity contribution in [3.05, 3.63) is 0 Å². The molecule has 0 spiro atoms. The van der Waals surface area contributed by atoms with Gasteiger partial charge in [0, 0.05) is 57.8 Å². The molecule has 0 unspecified atom stereocenters.